The minimum absolute atomic E-state index is 0.289. The molecular formula is C18H15FN2OS. The lowest BCUT2D eigenvalue weighted by Gasteiger charge is -2.08. The molecule has 2 aromatic rings. The van der Waals surface area contributed by atoms with E-state index in [0.29, 0.717) is 23.4 Å². The van der Waals surface area contributed by atoms with Gasteiger partial charge in [0.1, 0.15) is 5.82 Å². The first-order valence-corrected chi connectivity index (χ1v) is 8.01. The predicted octanol–water partition coefficient (Wildman–Crippen LogP) is 4.48. The van der Waals surface area contributed by atoms with Crippen LogP contribution in [0, 0.1) is 17.1 Å². The Hall–Kier alpha value is -2.58. The lowest BCUT2D eigenvalue weighted by Crippen LogP contribution is -2.08. The highest BCUT2D eigenvalue weighted by atomic mass is 32.2. The summed E-state index contributed by atoms with van der Waals surface area (Å²) in [4.78, 5) is 12.9. The number of carbonyl (C=O) groups is 1. The third-order valence-corrected chi connectivity index (χ3v) is 3.97. The molecule has 2 rings (SSSR count). The smallest absolute Gasteiger partial charge is 0.248 e. The molecule has 23 heavy (non-hydrogen) atoms. The fourth-order valence-corrected chi connectivity index (χ4v) is 2.72. The van der Waals surface area contributed by atoms with Gasteiger partial charge in [0.25, 0.3) is 0 Å². The van der Waals surface area contributed by atoms with Crippen molar-refractivity contribution in [2.75, 3.05) is 11.1 Å². The van der Waals surface area contributed by atoms with Crippen molar-refractivity contribution in [3.8, 4) is 6.07 Å². The Morgan fingerprint density at radius 3 is 2.87 bits per heavy atom. The van der Waals surface area contributed by atoms with E-state index in [4.69, 9.17) is 5.26 Å². The van der Waals surface area contributed by atoms with Crippen molar-refractivity contribution in [1.29, 1.82) is 5.26 Å². The summed E-state index contributed by atoms with van der Waals surface area (Å²) in [6, 6.07) is 15.5. The van der Waals surface area contributed by atoms with Gasteiger partial charge >= 0.3 is 0 Å². The van der Waals surface area contributed by atoms with Crippen LogP contribution in [0.5, 0.6) is 0 Å². The second-order valence-electron chi connectivity index (χ2n) is 4.63. The largest absolute Gasteiger partial charge is 0.321 e. The summed E-state index contributed by atoms with van der Waals surface area (Å²) in [6.07, 6.45) is 3.38. The zero-order valence-corrected chi connectivity index (χ0v) is 13.1. The molecule has 0 aliphatic carbocycles. The normalized spacial score (nSPS) is 10.4. The summed E-state index contributed by atoms with van der Waals surface area (Å²) in [5, 5.41) is 11.4. The van der Waals surface area contributed by atoms with Gasteiger partial charge < -0.3 is 5.32 Å². The van der Waals surface area contributed by atoms with Crippen LogP contribution in [-0.4, -0.2) is 11.7 Å². The van der Waals surface area contributed by atoms with Gasteiger partial charge in [0.2, 0.25) is 5.91 Å². The molecule has 1 N–H and O–H groups in total. The summed E-state index contributed by atoms with van der Waals surface area (Å²) in [5.41, 5.74) is 1.32. The Morgan fingerprint density at radius 2 is 2.09 bits per heavy atom. The number of nitrogens with one attached hydrogen (secondary N) is 1. The number of nitrogens with zero attached hydrogens (tertiary/aromatic N) is 1. The molecule has 0 atom stereocenters. The van der Waals surface area contributed by atoms with Gasteiger partial charge in [-0.15, -0.1) is 11.8 Å². The van der Waals surface area contributed by atoms with Gasteiger partial charge in [-0.3, -0.25) is 4.79 Å². The van der Waals surface area contributed by atoms with Crippen molar-refractivity contribution in [1.82, 2.24) is 0 Å². The molecule has 0 fully saturated rings. The molecule has 0 unspecified atom stereocenters. The van der Waals surface area contributed by atoms with E-state index < -0.39 is 0 Å². The number of benzene rings is 2. The highest BCUT2D eigenvalue weighted by Crippen LogP contribution is 2.27. The minimum atomic E-state index is -0.341. The maximum Gasteiger partial charge on any atom is 0.248 e. The van der Waals surface area contributed by atoms with Crippen LogP contribution in [0.4, 0.5) is 10.1 Å². The van der Waals surface area contributed by atoms with E-state index >= 15 is 0 Å². The average molecular weight is 326 g/mol. The molecule has 5 heteroatoms. The van der Waals surface area contributed by atoms with Crippen LogP contribution in [-0.2, 0) is 4.79 Å². The number of rotatable bonds is 6. The molecule has 0 aromatic heterocycles. The maximum atomic E-state index is 13.1. The number of thioether (sulfide) groups is 1. The van der Waals surface area contributed by atoms with Crippen LogP contribution in [0.2, 0.25) is 0 Å². The van der Waals surface area contributed by atoms with Crippen molar-refractivity contribution in [2.24, 2.45) is 0 Å². The van der Waals surface area contributed by atoms with E-state index in [1.165, 1.54) is 30.0 Å². The van der Waals surface area contributed by atoms with E-state index in [1.54, 1.807) is 18.2 Å². The van der Waals surface area contributed by atoms with Crippen molar-refractivity contribution in [3.63, 3.8) is 0 Å². The Kier molecular flexibility index (Phi) is 6.40. The standard InChI is InChI=1S/C18H15FN2OS/c19-15-6-3-5-14(13-15)9-10-18(22)21-16-7-1-2-8-17(16)23-12-4-11-20/h1-3,5-10,13H,4,12H2,(H,21,22)/b10-9+. The van der Waals surface area contributed by atoms with Gasteiger partial charge in [-0.05, 0) is 35.9 Å². The summed E-state index contributed by atoms with van der Waals surface area (Å²) in [6.45, 7) is 0. The Balaban J connectivity index is 2.01. The van der Waals surface area contributed by atoms with Gasteiger partial charge in [-0.1, -0.05) is 24.3 Å². The van der Waals surface area contributed by atoms with Gasteiger partial charge in [0, 0.05) is 23.1 Å². The number of halogens is 1. The van der Waals surface area contributed by atoms with Crippen LogP contribution in [0.1, 0.15) is 12.0 Å². The zero-order chi connectivity index (χ0) is 16.5. The molecule has 0 saturated carbocycles. The number of para-hydroxylation sites is 1. The molecule has 0 heterocycles. The van der Waals surface area contributed by atoms with Crippen molar-refractivity contribution >= 4 is 29.4 Å². The molecule has 0 aliphatic heterocycles. The van der Waals surface area contributed by atoms with E-state index in [1.807, 2.05) is 24.3 Å². The first kappa shape index (κ1) is 16.8. The van der Waals surface area contributed by atoms with Crippen molar-refractivity contribution in [3.05, 3.63) is 66.0 Å². The second-order valence-corrected chi connectivity index (χ2v) is 5.77. The second kappa shape index (κ2) is 8.76. The Labute approximate surface area is 138 Å². The Bertz CT molecular complexity index is 753. The molecular weight excluding hydrogens is 311 g/mol. The number of nitriles is 1. The zero-order valence-electron chi connectivity index (χ0n) is 12.3. The van der Waals surface area contributed by atoms with Crippen LogP contribution in [0.25, 0.3) is 6.08 Å². The van der Waals surface area contributed by atoms with Crippen LogP contribution < -0.4 is 5.32 Å². The average Bonchev–Trinajstić information content (AvgIpc) is 2.55. The van der Waals surface area contributed by atoms with E-state index in [2.05, 4.69) is 11.4 Å². The third-order valence-electron chi connectivity index (χ3n) is 2.89. The first-order chi connectivity index (χ1) is 11.2. The topological polar surface area (TPSA) is 52.9 Å². The summed E-state index contributed by atoms with van der Waals surface area (Å²) >= 11 is 1.52. The summed E-state index contributed by atoms with van der Waals surface area (Å²) in [7, 11) is 0. The van der Waals surface area contributed by atoms with Crippen molar-refractivity contribution in [2.45, 2.75) is 11.3 Å². The highest BCUT2D eigenvalue weighted by molar-refractivity contribution is 7.99. The molecule has 2 aromatic carbocycles. The predicted molar refractivity (Wildman–Crippen MR) is 91.5 cm³/mol. The number of carbonyl (C=O) groups excluding carboxylic acids is 1. The van der Waals surface area contributed by atoms with Crippen molar-refractivity contribution < 1.29 is 9.18 Å². The Morgan fingerprint density at radius 1 is 1.26 bits per heavy atom. The lowest BCUT2D eigenvalue weighted by atomic mass is 10.2. The minimum Gasteiger partial charge on any atom is -0.321 e. The molecule has 0 radical (unpaired) electrons. The van der Waals surface area contributed by atoms with Crippen LogP contribution >= 0.6 is 11.8 Å². The fourth-order valence-electron chi connectivity index (χ4n) is 1.86. The van der Waals surface area contributed by atoms with E-state index in [9.17, 15) is 9.18 Å². The third kappa shape index (κ3) is 5.61. The van der Waals surface area contributed by atoms with E-state index in [0.717, 1.165) is 4.90 Å². The maximum absolute atomic E-state index is 13.1. The van der Waals surface area contributed by atoms with Gasteiger partial charge in [0.05, 0.1) is 11.8 Å². The molecule has 0 aliphatic rings. The molecule has 1 amide bonds. The highest BCUT2D eigenvalue weighted by Gasteiger charge is 2.04. The summed E-state index contributed by atoms with van der Waals surface area (Å²) < 4.78 is 13.1. The summed E-state index contributed by atoms with van der Waals surface area (Å²) in [5.74, 6) is 0.0390. The number of amides is 1. The lowest BCUT2D eigenvalue weighted by molar-refractivity contribution is -0.111. The first-order valence-electron chi connectivity index (χ1n) is 7.02. The number of hydrogen-bond donors (Lipinski definition) is 1. The van der Waals surface area contributed by atoms with Gasteiger partial charge in [-0.25, -0.2) is 4.39 Å². The number of anilines is 1. The quantitative estimate of drug-likeness (QED) is 0.483. The van der Waals surface area contributed by atoms with Crippen LogP contribution in [0.3, 0.4) is 0 Å². The van der Waals surface area contributed by atoms with Crippen LogP contribution in [0.15, 0.2) is 59.5 Å². The molecule has 3 nitrogen and oxygen atoms in total. The van der Waals surface area contributed by atoms with Gasteiger partial charge in [0.15, 0.2) is 0 Å². The van der Waals surface area contributed by atoms with E-state index in [-0.39, 0.29) is 11.7 Å². The molecule has 0 saturated heterocycles. The SMILES string of the molecule is N#CCCSc1ccccc1NC(=O)/C=C/c1cccc(F)c1. The monoisotopic (exact) mass is 326 g/mol. The molecule has 0 bridgehead atoms. The number of hydrogen-bond acceptors (Lipinski definition) is 3. The molecule has 116 valence electrons. The fraction of sp³-hybridized carbons (Fsp3) is 0.111. The van der Waals surface area contributed by atoms with Gasteiger partial charge in [-0.2, -0.15) is 5.26 Å². The molecule has 0 spiro atoms.